The number of nitrogens with two attached hydrogens (primary N) is 1. The van der Waals surface area contributed by atoms with Crippen molar-refractivity contribution in [2.75, 3.05) is 5.73 Å². The molecule has 0 atom stereocenters. The first-order valence-electron chi connectivity index (χ1n) is 4.59. The highest BCUT2D eigenvalue weighted by molar-refractivity contribution is 7.13. The van der Waals surface area contributed by atoms with Crippen molar-refractivity contribution >= 4 is 27.5 Å². The summed E-state index contributed by atoms with van der Waals surface area (Å²) >= 11 is 1.34. The van der Waals surface area contributed by atoms with Gasteiger partial charge in [-0.2, -0.15) is 0 Å². The molecule has 0 aliphatic carbocycles. The van der Waals surface area contributed by atoms with E-state index in [0.29, 0.717) is 27.7 Å². The molecule has 0 amide bonds. The van der Waals surface area contributed by atoms with E-state index in [1.165, 1.54) is 23.5 Å². The molecule has 3 rings (SSSR count). The fraction of sp³-hybridized carbons (Fsp3) is 0. The molecule has 0 unspecified atom stereocenters. The Morgan fingerprint density at radius 2 is 2.19 bits per heavy atom. The monoisotopic (exact) mass is 234 g/mol. The Kier molecular flexibility index (Phi) is 1.90. The van der Waals surface area contributed by atoms with E-state index in [1.807, 2.05) is 5.38 Å². The van der Waals surface area contributed by atoms with Crippen molar-refractivity contribution in [3.05, 3.63) is 29.4 Å². The molecule has 80 valence electrons. The van der Waals surface area contributed by atoms with Crippen LogP contribution in [0.15, 0.2) is 23.6 Å². The second kappa shape index (κ2) is 3.28. The lowest BCUT2D eigenvalue weighted by Crippen LogP contribution is -1.83. The van der Waals surface area contributed by atoms with Crippen LogP contribution in [0.3, 0.4) is 0 Å². The molecule has 0 saturated heterocycles. The van der Waals surface area contributed by atoms with E-state index < -0.39 is 0 Å². The van der Waals surface area contributed by atoms with E-state index in [-0.39, 0.29) is 5.82 Å². The minimum absolute atomic E-state index is 0.291. The normalized spacial score (nSPS) is 11.1. The standard InChI is InChI=1S/C10H7FN4S/c11-5-1-2-6-7(3-5)14-9(13-6)8-4-16-10(12)15-8/h1-4H,(H2,12,15)(H,13,14). The minimum Gasteiger partial charge on any atom is -0.375 e. The number of imidazole rings is 1. The van der Waals surface area contributed by atoms with Crippen LogP contribution in [0, 0.1) is 5.82 Å². The summed E-state index contributed by atoms with van der Waals surface area (Å²) in [6.45, 7) is 0. The highest BCUT2D eigenvalue weighted by atomic mass is 32.1. The molecule has 16 heavy (non-hydrogen) atoms. The van der Waals surface area contributed by atoms with Crippen LogP contribution in [-0.4, -0.2) is 15.0 Å². The Hall–Kier alpha value is -1.95. The Labute approximate surface area is 94.0 Å². The summed E-state index contributed by atoms with van der Waals surface area (Å²) in [4.78, 5) is 11.4. The van der Waals surface area contributed by atoms with Crippen molar-refractivity contribution in [2.24, 2.45) is 0 Å². The number of aromatic nitrogens is 3. The van der Waals surface area contributed by atoms with Gasteiger partial charge in [0.2, 0.25) is 0 Å². The number of nitrogen functional groups attached to an aromatic ring is 1. The van der Waals surface area contributed by atoms with Crippen LogP contribution in [0.2, 0.25) is 0 Å². The van der Waals surface area contributed by atoms with Gasteiger partial charge in [-0.3, -0.25) is 0 Å². The molecule has 3 N–H and O–H groups in total. The zero-order valence-corrected chi connectivity index (χ0v) is 8.88. The molecule has 1 aromatic carbocycles. The highest BCUT2D eigenvalue weighted by Gasteiger charge is 2.08. The van der Waals surface area contributed by atoms with Gasteiger partial charge in [0.15, 0.2) is 11.0 Å². The lowest BCUT2D eigenvalue weighted by atomic mass is 10.3. The van der Waals surface area contributed by atoms with Crippen LogP contribution in [0.5, 0.6) is 0 Å². The lowest BCUT2D eigenvalue weighted by molar-refractivity contribution is 0.629. The van der Waals surface area contributed by atoms with Gasteiger partial charge in [0.1, 0.15) is 11.5 Å². The zero-order chi connectivity index (χ0) is 11.1. The van der Waals surface area contributed by atoms with E-state index in [9.17, 15) is 4.39 Å². The molecule has 0 radical (unpaired) electrons. The van der Waals surface area contributed by atoms with Crippen LogP contribution in [0.1, 0.15) is 0 Å². The first kappa shape index (κ1) is 9.29. The number of rotatable bonds is 1. The van der Waals surface area contributed by atoms with E-state index in [4.69, 9.17) is 5.73 Å². The first-order chi connectivity index (χ1) is 7.72. The number of hydrogen-bond acceptors (Lipinski definition) is 4. The molecule has 2 heterocycles. The summed E-state index contributed by atoms with van der Waals surface area (Å²) in [7, 11) is 0. The Bertz CT molecular complexity index is 658. The van der Waals surface area contributed by atoms with Gasteiger partial charge in [0.25, 0.3) is 0 Å². The third kappa shape index (κ3) is 1.43. The van der Waals surface area contributed by atoms with Gasteiger partial charge in [0.05, 0.1) is 11.0 Å². The largest absolute Gasteiger partial charge is 0.375 e. The number of hydrogen-bond donors (Lipinski definition) is 2. The molecule has 0 aliphatic heterocycles. The first-order valence-corrected chi connectivity index (χ1v) is 5.47. The molecule has 6 heteroatoms. The molecule has 0 saturated carbocycles. The zero-order valence-electron chi connectivity index (χ0n) is 8.07. The number of aromatic amines is 1. The van der Waals surface area contributed by atoms with Crippen LogP contribution < -0.4 is 5.73 Å². The third-order valence-electron chi connectivity index (χ3n) is 2.21. The summed E-state index contributed by atoms with van der Waals surface area (Å²) in [6, 6.07) is 4.41. The van der Waals surface area contributed by atoms with Crippen LogP contribution >= 0.6 is 11.3 Å². The predicted octanol–water partition coefficient (Wildman–Crippen LogP) is 2.41. The molecule has 3 aromatic rings. The molecule has 0 fully saturated rings. The summed E-state index contributed by atoms with van der Waals surface area (Å²) in [5, 5.41) is 2.30. The van der Waals surface area contributed by atoms with Gasteiger partial charge in [-0.1, -0.05) is 0 Å². The van der Waals surface area contributed by atoms with Crippen molar-refractivity contribution in [1.29, 1.82) is 0 Å². The van der Waals surface area contributed by atoms with E-state index in [2.05, 4.69) is 15.0 Å². The lowest BCUT2D eigenvalue weighted by Gasteiger charge is -1.86. The number of H-pyrrole nitrogens is 1. The second-order valence-electron chi connectivity index (χ2n) is 3.32. The minimum atomic E-state index is -0.291. The number of halogens is 1. The van der Waals surface area contributed by atoms with Crippen molar-refractivity contribution in [3.8, 4) is 11.5 Å². The SMILES string of the molecule is Nc1nc(-c2nc3ccc(F)cc3[nH]2)cs1. The van der Waals surface area contributed by atoms with Crippen molar-refractivity contribution in [2.45, 2.75) is 0 Å². The second-order valence-corrected chi connectivity index (χ2v) is 4.21. The summed E-state index contributed by atoms with van der Waals surface area (Å²) in [6.07, 6.45) is 0. The smallest absolute Gasteiger partial charge is 0.180 e. The number of nitrogens with zero attached hydrogens (tertiary/aromatic N) is 2. The fourth-order valence-corrected chi connectivity index (χ4v) is 2.05. The number of benzene rings is 1. The average Bonchev–Trinajstić information content (AvgIpc) is 2.83. The molecule has 4 nitrogen and oxygen atoms in total. The summed E-state index contributed by atoms with van der Waals surface area (Å²) < 4.78 is 13.0. The van der Waals surface area contributed by atoms with Gasteiger partial charge >= 0.3 is 0 Å². The molecule has 0 bridgehead atoms. The Morgan fingerprint density at radius 3 is 2.94 bits per heavy atom. The van der Waals surface area contributed by atoms with Crippen molar-refractivity contribution in [1.82, 2.24) is 15.0 Å². The Morgan fingerprint density at radius 1 is 1.31 bits per heavy atom. The van der Waals surface area contributed by atoms with E-state index in [1.54, 1.807) is 6.07 Å². The van der Waals surface area contributed by atoms with Gasteiger partial charge < -0.3 is 10.7 Å². The van der Waals surface area contributed by atoms with Crippen molar-refractivity contribution < 1.29 is 4.39 Å². The Balaban J connectivity index is 2.18. The van der Waals surface area contributed by atoms with Gasteiger partial charge in [-0.05, 0) is 18.2 Å². The van der Waals surface area contributed by atoms with Crippen LogP contribution in [-0.2, 0) is 0 Å². The molecule has 2 aromatic heterocycles. The van der Waals surface area contributed by atoms with Gasteiger partial charge in [-0.15, -0.1) is 11.3 Å². The van der Waals surface area contributed by atoms with E-state index >= 15 is 0 Å². The molecule has 0 spiro atoms. The summed E-state index contributed by atoms with van der Waals surface area (Å²) in [5.41, 5.74) is 7.59. The number of fused-ring (bicyclic) bond motifs is 1. The molecular formula is C10H7FN4S. The maximum absolute atomic E-state index is 13.0. The average molecular weight is 234 g/mol. The number of anilines is 1. The summed E-state index contributed by atoms with van der Waals surface area (Å²) in [5.74, 6) is 0.314. The molecule has 0 aliphatic rings. The van der Waals surface area contributed by atoms with Gasteiger partial charge in [-0.25, -0.2) is 14.4 Å². The van der Waals surface area contributed by atoms with Crippen molar-refractivity contribution in [3.63, 3.8) is 0 Å². The maximum Gasteiger partial charge on any atom is 0.180 e. The van der Waals surface area contributed by atoms with Crippen LogP contribution in [0.4, 0.5) is 9.52 Å². The topological polar surface area (TPSA) is 67.6 Å². The number of thiazole rings is 1. The maximum atomic E-state index is 13.0. The molecular weight excluding hydrogens is 227 g/mol. The quantitative estimate of drug-likeness (QED) is 0.679. The van der Waals surface area contributed by atoms with Crippen LogP contribution in [0.25, 0.3) is 22.6 Å². The van der Waals surface area contributed by atoms with E-state index in [0.717, 1.165) is 0 Å². The number of nitrogens with one attached hydrogen (secondary N) is 1. The highest BCUT2D eigenvalue weighted by Crippen LogP contribution is 2.23. The fourth-order valence-electron chi connectivity index (χ4n) is 1.50. The third-order valence-corrected chi connectivity index (χ3v) is 2.88. The van der Waals surface area contributed by atoms with Gasteiger partial charge in [0, 0.05) is 5.38 Å². The predicted molar refractivity (Wildman–Crippen MR) is 61.6 cm³/mol.